The highest BCUT2D eigenvalue weighted by Gasteiger charge is 2.32. The molecule has 0 unspecified atom stereocenters. The van der Waals surface area contributed by atoms with Gasteiger partial charge in [0.1, 0.15) is 5.84 Å². The second kappa shape index (κ2) is 9.05. The highest BCUT2D eigenvalue weighted by molar-refractivity contribution is 6.32. The number of nitrogens with one attached hydrogen (secondary N) is 4. The fourth-order valence-corrected chi connectivity index (χ4v) is 3.26. The van der Waals surface area contributed by atoms with Gasteiger partial charge in [-0.25, -0.2) is 0 Å². The Morgan fingerprint density at radius 3 is 2.58 bits per heavy atom. The van der Waals surface area contributed by atoms with E-state index in [4.69, 9.17) is 27.8 Å². The third-order valence-electron chi connectivity index (χ3n) is 4.54. The number of nitrogens with zero attached hydrogens (tertiary/aromatic N) is 1. The van der Waals surface area contributed by atoms with E-state index in [9.17, 15) is 13.6 Å². The van der Waals surface area contributed by atoms with Gasteiger partial charge in [-0.15, -0.1) is 0 Å². The number of carbonyl (C=O) groups excluding carboxylic acids is 1. The van der Waals surface area contributed by atoms with Crippen LogP contribution in [0.2, 0.25) is 5.02 Å². The zero-order chi connectivity index (χ0) is 22.7. The second-order valence-corrected chi connectivity index (χ2v) is 7.00. The average Bonchev–Trinajstić information content (AvgIpc) is 3.07. The Kier molecular flexibility index (Phi) is 6.45. The molecule has 0 fully saturated rings. The van der Waals surface area contributed by atoms with Crippen LogP contribution in [-0.2, 0) is 11.3 Å². The topological polar surface area (TPSA) is 113 Å². The fourth-order valence-electron chi connectivity index (χ4n) is 3.07. The van der Waals surface area contributed by atoms with Crippen LogP contribution in [-0.4, -0.2) is 41.9 Å². The Bertz CT molecular complexity index is 1120. The van der Waals surface area contributed by atoms with Crippen molar-refractivity contribution in [3.8, 4) is 0 Å². The lowest BCUT2D eigenvalue weighted by molar-refractivity contribution is 0.0866. The summed E-state index contributed by atoms with van der Waals surface area (Å²) in [5, 5.41) is 26.8. The fraction of sp³-hybridized carbons (Fsp3) is 0.143. The molecule has 0 radical (unpaired) electrons. The molecule has 4 N–H and O–H groups in total. The normalized spacial score (nSPS) is 13.3. The molecule has 10 heteroatoms. The molecule has 31 heavy (non-hydrogen) atoms. The summed E-state index contributed by atoms with van der Waals surface area (Å²) in [5.41, 5.74) is 2.02. The number of fused-ring (bicyclic) bond motifs is 1. The number of halogens is 3. The molecule has 160 valence electrons. The standard InChI is InChI=1S/C21H18ClF2N5O2/c1-28-9-16(11-3-2-4-14(22)7-11)18(25)29-10-13-6-5-12(8-15(13)21(29)30)19(26)31-20(27)17(23)24/h2-9,17,25-28H,10H2,1H3/b16-9-,25-18?,26-19?,27-20?. The van der Waals surface area contributed by atoms with Crippen LogP contribution in [0.4, 0.5) is 8.78 Å². The van der Waals surface area contributed by atoms with Gasteiger partial charge in [-0.05, 0) is 35.4 Å². The number of amidine groups is 1. The van der Waals surface area contributed by atoms with Crippen LogP contribution in [0.1, 0.15) is 27.0 Å². The first-order chi connectivity index (χ1) is 14.7. The van der Waals surface area contributed by atoms with Gasteiger partial charge < -0.3 is 10.1 Å². The van der Waals surface area contributed by atoms with Gasteiger partial charge in [0.15, 0.2) is 0 Å². The van der Waals surface area contributed by atoms with Crippen molar-refractivity contribution in [3.05, 3.63) is 75.9 Å². The molecule has 0 spiro atoms. The van der Waals surface area contributed by atoms with Gasteiger partial charge >= 0.3 is 6.43 Å². The van der Waals surface area contributed by atoms with Gasteiger partial charge in [0, 0.05) is 35.0 Å². The first-order valence-electron chi connectivity index (χ1n) is 9.03. The van der Waals surface area contributed by atoms with Crippen molar-refractivity contribution in [2.75, 3.05) is 7.05 Å². The third-order valence-corrected chi connectivity index (χ3v) is 4.77. The summed E-state index contributed by atoms with van der Waals surface area (Å²) < 4.78 is 29.5. The molecule has 7 nitrogen and oxygen atoms in total. The Hall–Kier alpha value is -3.59. The van der Waals surface area contributed by atoms with Crippen LogP contribution in [0.5, 0.6) is 0 Å². The maximum Gasteiger partial charge on any atom is 0.312 e. The minimum atomic E-state index is -3.14. The van der Waals surface area contributed by atoms with Crippen molar-refractivity contribution in [1.29, 1.82) is 16.2 Å². The number of hydrogen-bond acceptors (Lipinski definition) is 6. The van der Waals surface area contributed by atoms with Gasteiger partial charge in [-0.1, -0.05) is 29.8 Å². The Balaban J connectivity index is 1.86. The largest absolute Gasteiger partial charge is 0.419 e. The molecule has 2 aromatic rings. The Labute approximate surface area is 181 Å². The molecule has 1 aliphatic heterocycles. The highest BCUT2D eigenvalue weighted by Crippen LogP contribution is 2.29. The molecular weight excluding hydrogens is 428 g/mol. The predicted octanol–water partition coefficient (Wildman–Crippen LogP) is 4.12. The molecule has 2 aromatic carbocycles. The van der Waals surface area contributed by atoms with E-state index >= 15 is 0 Å². The van der Waals surface area contributed by atoms with Crippen molar-refractivity contribution in [2.24, 2.45) is 0 Å². The summed E-state index contributed by atoms with van der Waals surface area (Å²) in [4.78, 5) is 14.3. The summed E-state index contributed by atoms with van der Waals surface area (Å²) in [5.74, 6) is -2.53. The molecule has 1 aliphatic rings. The monoisotopic (exact) mass is 445 g/mol. The van der Waals surface area contributed by atoms with Crippen molar-refractivity contribution < 1.29 is 18.3 Å². The van der Waals surface area contributed by atoms with Crippen molar-refractivity contribution >= 4 is 40.7 Å². The van der Waals surface area contributed by atoms with Crippen LogP contribution in [0, 0.1) is 16.2 Å². The zero-order valence-corrected chi connectivity index (χ0v) is 17.1. The van der Waals surface area contributed by atoms with Gasteiger partial charge in [-0.3, -0.25) is 25.9 Å². The zero-order valence-electron chi connectivity index (χ0n) is 16.3. The van der Waals surface area contributed by atoms with Crippen molar-refractivity contribution in [2.45, 2.75) is 13.0 Å². The molecule has 1 heterocycles. The molecule has 0 bridgehead atoms. The maximum atomic E-state index is 13.0. The number of ether oxygens (including phenoxy) is 1. The molecular formula is C21H18ClF2N5O2. The van der Waals surface area contributed by atoms with Gasteiger partial charge in [-0.2, -0.15) is 8.78 Å². The molecule has 0 aromatic heterocycles. The van der Waals surface area contributed by atoms with Crippen LogP contribution < -0.4 is 5.32 Å². The van der Waals surface area contributed by atoms with E-state index in [1.807, 2.05) is 0 Å². The second-order valence-electron chi connectivity index (χ2n) is 6.56. The number of amides is 1. The molecule has 0 saturated heterocycles. The SMILES string of the molecule is CN/C=C(\C(=N)N1Cc2ccc(C(=N)OC(=N)C(F)F)cc2C1=O)c1cccc(Cl)c1. The number of carbonyl (C=O) groups is 1. The molecule has 3 rings (SSSR count). The third kappa shape index (κ3) is 4.61. The smallest absolute Gasteiger partial charge is 0.312 e. The van der Waals surface area contributed by atoms with Gasteiger partial charge in [0.25, 0.3) is 11.8 Å². The lowest BCUT2D eigenvalue weighted by atomic mass is 10.1. The van der Waals surface area contributed by atoms with E-state index < -0.39 is 24.1 Å². The number of benzene rings is 2. The van der Waals surface area contributed by atoms with E-state index in [2.05, 4.69) is 10.1 Å². The number of alkyl halides is 2. The van der Waals surface area contributed by atoms with Crippen LogP contribution in [0.15, 0.2) is 48.7 Å². The van der Waals surface area contributed by atoms with Crippen LogP contribution in [0.25, 0.3) is 5.57 Å². The molecule has 0 aliphatic carbocycles. The lowest BCUT2D eigenvalue weighted by Crippen LogP contribution is -2.32. The van der Waals surface area contributed by atoms with E-state index in [1.165, 1.54) is 17.0 Å². The number of rotatable bonds is 5. The van der Waals surface area contributed by atoms with E-state index in [-0.39, 0.29) is 23.5 Å². The first kappa shape index (κ1) is 22.1. The molecule has 1 amide bonds. The Morgan fingerprint density at radius 2 is 1.94 bits per heavy atom. The molecule has 0 atom stereocenters. The van der Waals surface area contributed by atoms with E-state index in [0.717, 1.165) is 0 Å². The predicted molar refractivity (Wildman–Crippen MR) is 114 cm³/mol. The summed E-state index contributed by atoms with van der Waals surface area (Å²) in [7, 11) is 1.67. The van der Waals surface area contributed by atoms with Crippen molar-refractivity contribution in [1.82, 2.24) is 10.2 Å². The lowest BCUT2D eigenvalue weighted by Gasteiger charge is -2.19. The summed E-state index contributed by atoms with van der Waals surface area (Å²) >= 11 is 6.07. The quantitative estimate of drug-likeness (QED) is 0.410. The number of hydrogen-bond donors (Lipinski definition) is 4. The van der Waals surface area contributed by atoms with E-state index in [0.29, 0.717) is 21.7 Å². The van der Waals surface area contributed by atoms with Crippen molar-refractivity contribution in [3.63, 3.8) is 0 Å². The minimum Gasteiger partial charge on any atom is -0.419 e. The molecule has 0 saturated carbocycles. The minimum absolute atomic E-state index is 0.0508. The van der Waals surface area contributed by atoms with Gasteiger partial charge in [0.2, 0.25) is 5.90 Å². The first-order valence-corrected chi connectivity index (χ1v) is 9.41. The average molecular weight is 446 g/mol. The van der Waals surface area contributed by atoms with Crippen LogP contribution in [0.3, 0.4) is 0 Å². The maximum absolute atomic E-state index is 13.0. The highest BCUT2D eigenvalue weighted by atomic mass is 35.5. The van der Waals surface area contributed by atoms with Crippen LogP contribution >= 0.6 is 11.6 Å². The summed E-state index contributed by atoms with van der Waals surface area (Å²) in [6.45, 7) is 0.135. The summed E-state index contributed by atoms with van der Waals surface area (Å²) in [6.07, 6.45) is -1.55. The van der Waals surface area contributed by atoms with E-state index in [1.54, 1.807) is 43.6 Å². The van der Waals surface area contributed by atoms with Gasteiger partial charge in [0.05, 0.1) is 6.54 Å². The Morgan fingerprint density at radius 1 is 1.19 bits per heavy atom. The summed E-state index contributed by atoms with van der Waals surface area (Å²) in [6, 6.07) is 11.3.